The van der Waals surface area contributed by atoms with Crippen LogP contribution in [-0.2, 0) is 23.8 Å². The van der Waals surface area contributed by atoms with Crippen LogP contribution in [0.1, 0.15) is 26.2 Å². The SMILES string of the molecule is COC(=O)CCC[C@H]1O[C@@H]1/C=C/C=C/COC(C)=O. The number of esters is 2. The van der Waals surface area contributed by atoms with Crippen LogP contribution >= 0.6 is 0 Å². The van der Waals surface area contributed by atoms with Gasteiger partial charge in [0.2, 0.25) is 0 Å². The number of hydrogen-bond acceptors (Lipinski definition) is 5. The number of carbonyl (C=O) groups excluding carboxylic acids is 2. The summed E-state index contributed by atoms with van der Waals surface area (Å²) in [5.41, 5.74) is 0. The van der Waals surface area contributed by atoms with E-state index in [2.05, 4.69) is 4.74 Å². The van der Waals surface area contributed by atoms with Crippen LogP contribution in [0, 0.1) is 0 Å². The first kappa shape index (κ1) is 15.4. The summed E-state index contributed by atoms with van der Waals surface area (Å²) in [6.07, 6.45) is 9.82. The molecule has 0 radical (unpaired) electrons. The fourth-order valence-corrected chi connectivity index (χ4v) is 1.58. The molecule has 0 bridgehead atoms. The van der Waals surface area contributed by atoms with Crippen LogP contribution in [0.5, 0.6) is 0 Å². The third kappa shape index (κ3) is 7.41. The second kappa shape index (κ2) is 8.48. The number of epoxide rings is 1. The summed E-state index contributed by atoms with van der Waals surface area (Å²) >= 11 is 0. The summed E-state index contributed by atoms with van der Waals surface area (Å²) in [6.45, 7) is 1.66. The molecule has 1 aliphatic rings. The summed E-state index contributed by atoms with van der Waals surface area (Å²) in [4.78, 5) is 21.4. The first-order chi connectivity index (χ1) is 9.13. The molecule has 0 spiro atoms. The smallest absolute Gasteiger partial charge is 0.305 e. The van der Waals surface area contributed by atoms with E-state index in [0.29, 0.717) is 6.42 Å². The molecule has 5 nitrogen and oxygen atoms in total. The Morgan fingerprint density at radius 3 is 2.79 bits per heavy atom. The first-order valence-electron chi connectivity index (χ1n) is 6.32. The van der Waals surface area contributed by atoms with Gasteiger partial charge in [0, 0.05) is 13.3 Å². The molecule has 0 unspecified atom stereocenters. The predicted octanol–water partition coefficient (Wildman–Crippen LogP) is 1.77. The third-order valence-electron chi connectivity index (χ3n) is 2.65. The van der Waals surface area contributed by atoms with Gasteiger partial charge in [0.15, 0.2) is 0 Å². The van der Waals surface area contributed by atoms with Gasteiger partial charge >= 0.3 is 11.9 Å². The number of methoxy groups -OCH3 is 1. The van der Waals surface area contributed by atoms with Crippen molar-refractivity contribution in [2.75, 3.05) is 13.7 Å². The highest BCUT2D eigenvalue weighted by Gasteiger charge is 2.35. The van der Waals surface area contributed by atoms with Crippen molar-refractivity contribution in [1.82, 2.24) is 0 Å². The predicted molar refractivity (Wildman–Crippen MR) is 69.4 cm³/mol. The van der Waals surface area contributed by atoms with Gasteiger partial charge in [-0.05, 0) is 18.9 Å². The Kier molecular flexibility index (Phi) is 6.89. The third-order valence-corrected chi connectivity index (χ3v) is 2.65. The Morgan fingerprint density at radius 1 is 1.32 bits per heavy atom. The second-order valence-electron chi connectivity index (χ2n) is 4.22. The molecule has 0 aromatic rings. The molecule has 1 fully saturated rings. The van der Waals surface area contributed by atoms with Crippen LogP contribution in [0.2, 0.25) is 0 Å². The maximum atomic E-state index is 10.9. The van der Waals surface area contributed by atoms with Crippen molar-refractivity contribution in [3.8, 4) is 0 Å². The zero-order valence-corrected chi connectivity index (χ0v) is 11.3. The molecular weight excluding hydrogens is 248 g/mol. The number of carbonyl (C=O) groups is 2. The first-order valence-corrected chi connectivity index (χ1v) is 6.32. The van der Waals surface area contributed by atoms with Crippen LogP contribution in [-0.4, -0.2) is 37.9 Å². The van der Waals surface area contributed by atoms with E-state index in [1.807, 2.05) is 18.2 Å². The topological polar surface area (TPSA) is 65.1 Å². The van der Waals surface area contributed by atoms with E-state index in [4.69, 9.17) is 9.47 Å². The molecule has 0 aliphatic carbocycles. The summed E-state index contributed by atoms with van der Waals surface area (Å²) < 4.78 is 14.7. The normalized spacial score (nSPS) is 21.8. The zero-order valence-electron chi connectivity index (χ0n) is 11.3. The van der Waals surface area contributed by atoms with Gasteiger partial charge in [-0.2, -0.15) is 0 Å². The summed E-state index contributed by atoms with van der Waals surface area (Å²) in [7, 11) is 1.39. The van der Waals surface area contributed by atoms with E-state index in [9.17, 15) is 9.59 Å². The maximum absolute atomic E-state index is 10.9. The highest BCUT2D eigenvalue weighted by molar-refractivity contribution is 5.69. The van der Waals surface area contributed by atoms with Crippen LogP contribution in [0.25, 0.3) is 0 Å². The molecule has 1 saturated heterocycles. The minimum absolute atomic E-state index is 0.135. The number of allylic oxidation sites excluding steroid dienone is 2. The van der Waals surface area contributed by atoms with Crippen molar-refractivity contribution in [3.63, 3.8) is 0 Å². The monoisotopic (exact) mass is 268 g/mol. The van der Waals surface area contributed by atoms with Gasteiger partial charge in [0.05, 0.1) is 13.2 Å². The highest BCUT2D eigenvalue weighted by atomic mass is 16.6. The van der Waals surface area contributed by atoms with Crippen LogP contribution < -0.4 is 0 Å². The Bertz CT molecular complexity index is 359. The molecule has 0 aromatic carbocycles. The van der Waals surface area contributed by atoms with E-state index < -0.39 is 0 Å². The summed E-state index contributed by atoms with van der Waals surface area (Å²) in [5, 5.41) is 0. The molecule has 19 heavy (non-hydrogen) atoms. The van der Waals surface area contributed by atoms with Crippen LogP contribution in [0.15, 0.2) is 24.3 Å². The molecule has 0 aromatic heterocycles. The molecule has 5 heteroatoms. The Balaban J connectivity index is 2.03. The lowest BCUT2D eigenvalue weighted by atomic mass is 10.1. The van der Waals surface area contributed by atoms with Gasteiger partial charge in [-0.25, -0.2) is 0 Å². The van der Waals surface area contributed by atoms with Crippen LogP contribution in [0.4, 0.5) is 0 Å². The maximum Gasteiger partial charge on any atom is 0.305 e. The molecule has 0 N–H and O–H groups in total. The van der Waals surface area contributed by atoms with E-state index in [-0.39, 0.29) is 30.8 Å². The standard InChI is InChI=1S/C14H20O5/c1-11(15)18-10-5-3-4-7-12-13(19-12)8-6-9-14(16)17-2/h3-5,7,12-13H,6,8-10H2,1-2H3/b5-3+,7-4+/t12-,13-/m1/s1. The Labute approximate surface area is 113 Å². The second-order valence-corrected chi connectivity index (χ2v) is 4.22. The molecule has 1 heterocycles. The number of rotatable bonds is 8. The minimum Gasteiger partial charge on any atom is -0.469 e. The molecule has 0 amide bonds. The van der Waals surface area contributed by atoms with Gasteiger partial charge in [-0.3, -0.25) is 9.59 Å². The van der Waals surface area contributed by atoms with E-state index in [1.54, 1.807) is 6.08 Å². The van der Waals surface area contributed by atoms with Crippen molar-refractivity contribution in [3.05, 3.63) is 24.3 Å². The van der Waals surface area contributed by atoms with Crippen LogP contribution in [0.3, 0.4) is 0 Å². The van der Waals surface area contributed by atoms with Gasteiger partial charge < -0.3 is 14.2 Å². The Hall–Kier alpha value is -1.62. The van der Waals surface area contributed by atoms with Crippen molar-refractivity contribution in [1.29, 1.82) is 0 Å². The van der Waals surface area contributed by atoms with Crippen molar-refractivity contribution in [2.24, 2.45) is 0 Å². The summed E-state index contributed by atoms with van der Waals surface area (Å²) in [5.74, 6) is -0.467. The molecule has 2 atom stereocenters. The lowest BCUT2D eigenvalue weighted by Gasteiger charge is -1.96. The largest absolute Gasteiger partial charge is 0.469 e. The quantitative estimate of drug-likeness (QED) is 0.381. The Morgan fingerprint density at radius 2 is 2.11 bits per heavy atom. The fourth-order valence-electron chi connectivity index (χ4n) is 1.58. The van der Waals surface area contributed by atoms with Crippen molar-refractivity contribution < 1.29 is 23.8 Å². The van der Waals surface area contributed by atoms with Crippen molar-refractivity contribution >= 4 is 11.9 Å². The number of hydrogen-bond donors (Lipinski definition) is 0. The highest BCUT2D eigenvalue weighted by Crippen LogP contribution is 2.28. The summed E-state index contributed by atoms with van der Waals surface area (Å²) in [6, 6.07) is 0. The lowest BCUT2D eigenvalue weighted by Crippen LogP contribution is -2.01. The fraction of sp³-hybridized carbons (Fsp3) is 0.571. The average Bonchev–Trinajstić information content (AvgIpc) is 3.11. The molecule has 106 valence electrons. The minimum atomic E-state index is -0.287. The molecule has 1 rings (SSSR count). The van der Waals surface area contributed by atoms with Gasteiger partial charge in [-0.1, -0.05) is 18.2 Å². The van der Waals surface area contributed by atoms with Gasteiger partial charge in [0.1, 0.15) is 12.7 Å². The van der Waals surface area contributed by atoms with E-state index >= 15 is 0 Å². The lowest BCUT2D eigenvalue weighted by molar-refractivity contribution is -0.141. The molecule has 1 aliphatic heterocycles. The van der Waals surface area contributed by atoms with Gasteiger partial charge in [0.25, 0.3) is 0 Å². The molecule has 0 saturated carbocycles. The number of ether oxygens (including phenoxy) is 3. The van der Waals surface area contributed by atoms with E-state index in [0.717, 1.165) is 12.8 Å². The van der Waals surface area contributed by atoms with Gasteiger partial charge in [-0.15, -0.1) is 0 Å². The molecular formula is C14H20O5. The zero-order chi connectivity index (χ0) is 14.1. The van der Waals surface area contributed by atoms with Crippen molar-refractivity contribution in [2.45, 2.75) is 38.4 Å². The average molecular weight is 268 g/mol. The van der Waals surface area contributed by atoms with E-state index in [1.165, 1.54) is 14.0 Å².